The number of hydrogen-bond donors (Lipinski definition) is 0. The van der Waals surface area contributed by atoms with Gasteiger partial charge in [0.15, 0.2) is 12.1 Å². The van der Waals surface area contributed by atoms with Crippen molar-refractivity contribution in [2.24, 2.45) is 0 Å². The van der Waals surface area contributed by atoms with Gasteiger partial charge in [0.1, 0.15) is 17.2 Å². The van der Waals surface area contributed by atoms with Crippen LogP contribution in [0, 0.1) is 0 Å². The first-order valence-electron chi connectivity index (χ1n) is 10.2. The molecular weight excluding hydrogens is 424 g/mol. The molecule has 0 radical (unpaired) electrons. The van der Waals surface area contributed by atoms with Gasteiger partial charge in [-0.05, 0) is 42.0 Å². The summed E-state index contributed by atoms with van der Waals surface area (Å²) in [5, 5.41) is 0. The van der Waals surface area contributed by atoms with Crippen LogP contribution in [0.2, 0.25) is 0 Å². The molecule has 172 valence electrons. The standard InChI is InChI=1S/C26H26O7/c1-29-19-12-10-17(11-13-19)23(26(31-3)32-4)24(27)21-15-14-20(30-2)16-22(21)33-25(28)18-8-6-5-7-9-18/h5-16,23,26H,1-4H3. The number of methoxy groups -OCH3 is 4. The Kier molecular flexibility index (Phi) is 8.18. The van der Waals surface area contributed by atoms with E-state index in [1.807, 2.05) is 0 Å². The molecule has 0 bridgehead atoms. The molecule has 0 aliphatic rings. The van der Waals surface area contributed by atoms with Gasteiger partial charge in [-0.2, -0.15) is 0 Å². The van der Waals surface area contributed by atoms with Crippen molar-refractivity contribution in [2.75, 3.05) is 28.4 Å². The maximum Gasteiger partial charge on any atom is 0.343 e. The van der Waals surface area contributed by atoms with Crippen LogP contribution in [0.25, 0.3) is 0 Å². The molecule has 0 saturated carbocycles. The van der Waals surface area contributed by atoms with E-state index in [1.54, 1.807) is 73.8 Å². The average molecular weight is 450 g/mol. The molecule has 0 N–H and O–H groups in total. The van der Waals surface area contributed by atoms with Crippen molar-refractivity contribution in [1.82, 2.24) is 0 Å². The average Bonchev–Trinajstić information content (AvgIpc) is 2.87. The fraction of sp³-hybridized carbons (Fsp3) is 0.231. The second-order valence-corrected chi connectivity index (χ2v) is 7.07. The van der Waals surface area contributed by atoms with Gasteiger partial charge >= 0.3 is 5.97 Å². The Morgan fingerprint density at radius 1 is 0.727 bits per heavy atom. The second kappa shape index (κ2) is 11.3. The number of benzene rings is 3. The van der Waals surface area contributed by atoms with Crippen molar-refractivity contribution in [1.29, 1.82) is 0 Å². The second-order valence-electron chi connectivity index (χ2n) is 7.07. The lowest BCUT2D eigenvalue weighted by atomic mass is 9.89. The third-order valence-electron chi connectivity index (χ3n) is 5.16. The molecule has 0 aliphatic heterocycles. The summed E-state index contributed by atoms with van der Waals surface area (Å²) in [6, 6.07) is 20.3. The molecule has 0 heterocycles. The lowest BCUT2D eigenvalue weighted by Gasteiger charge is -2.25. The first-order chi connectivity index (χ1) is 16.0. The summed E-state index contributed by atoms with van der Waals surface area (Å²) in [5.41, 5.74) is 1.21. The molecule has 3 aromatic rings. The van der Waals surface area contributed by atoms with E-state index in [9.17, 15) is 9.59 Å². The van der Waals surface area contributed by atoms with Crippen LogP contribution in [0.4, 0.5) is 0 Å². The molecular formula is C26H26O7. The molecule has 1 atom stereocenters. The number of Topliss-reactive ketones (excluding diaryl/α,β-unsaturated/α-hetero) is 1. The Bertz CT molecular complexity index is 1070. The van der Waals surface area contributed by atoms with Crippen LogP contribution < -0.4 is 14.2 Å². The van der Waals surface area contributed by atoms with E-state index >= 15 is 0 Å². The predicted molar refractivity (Wildman–Crippen MR) is 122 cm³/mol. The van der Waals surface area contributed by atoms with Gasteiger partial charge in [-0.3, -0.25) is 4.79 Å². The summed E-state index contributed by atoms with van der Waals surface area (Å²) in [7, 11) is 5.98. The summed E-state index contributed by atoms with van der Waals surface area (Å²) in [4.78, 5) is 26.5. The van der Waals surface area contributed by atoms with Crippen molar-refractivity contribution in [3.63, 3.8) is 0 Å². The lowest BCUT2D eigenvalue weighted by molar-refractivity contribution is -0.110. The Morgan fingerprint density at radius 2 is 1.33 bits per heavy atom. The maximum absolute atomic E-state index is 13.8. The molecule has 3 rings (SSSR count). The third kappa shape index (κ3) is 5.58. The van der Waals surface area contributed by atoms with E-state index in [1.165, 1.54) is 27.4 Å². The topological polar surface area (TPSA) is 80.3 Å². The highest BCUT2D eigenvalue weighted by atomic mass is 16.7. The quantitative estimate of drug-likeness (QED) is 0.195. The van der Waals surface area contributed by atoms with Crippen LogP contribution in [-0.2, 0) is 9.47 Å². The minimum Gasteiger partial charge on any atom is -0.497 e. The van der Waals surface area contributed by atoms with Gasteiger partial charge in [-0.1, -0.05) is 30.3 Å². The van der Waals surface area contributed by atoms with Crippen molar-refractivity contribution in [3.8, 4) is 17.2 Å². The fourth-order valence-electron chi connectivity index (χ4n) is 3.43. The van der Waals surface area contributed by atoms with E-state index < -0.39 is 18.2 Å². The minimum absolute atomic E-state index is 0.0812. The molecule has 0 amide bonds. The van der Waals surface area contributed by atoms with Crippen molar-refractivity contribution < 1.29 is 33.3 Å². The molecule has 33 heavy (non-hydrogen) atoms. The normalized spacial score (nSPS) is 11.7. The van der Waals surface area contributed by atoms with Crippen molar-refractivity contribution >= 4 is 11.8 Å². The Hall–Kier alpha value is -3.68. The van der Waals surface area contributed by atoms with Crippen LogP contribution >= 0.6 is 0 Å². The highest BCUT2D eigenvalue weighted by molar-refractivity contribution is 6.04. The molecule has 0 saturated heterocycles. The lowest BCUT2D eigenvalue weighted by Crippen LogP contribution is -2.30. The maximum atomic E-state index is 13.8. The molecule has 0 fully saturated rings. The molecule has 7 nitrogen and oxygen atoms in total. The number of hydrogen-bond acceptors (Lipinski definition) is 7. The first kappa shape index (κ1) is 24.0. The smallest absolute Gasteiger partial charge is 0.343 e. The SMILES string of the molecule is COc1ccc(C(C(=O)c2ccc(OC)cc2OC(=O)c2ccccc2)C(OC)OC)cc1. The summed E-state index contributed by atoms with van der Waals surface area (Å²) in [6.45, 7) is 0. The van der Waals surface area contributed by atoms with Crippen molar-refractivity contribution in [3.05, 3.63) is 89.5 Å². The number of carbonyl (C=O) groups excluding carboxylic acids is 2. The van der Waals surface area contributed by atoms with Gasteiger partial charge in [-0.15, -0.1) is 0 Å². The molecule has 3 aromatic carbocycles. The Labute approximate surface area is 192 Å². The minimum atomic E-state index is -0.870. The number of ketones is 1. The third-order valence-corrected chi connectivity index (χ3v) is 5.16. The molecule has 0 spiro atoms. The number of carbonyl (C=O) groups is 2. The first-order valence-corrected chi connectivity index (χ1v) is 10.2. The van der Waals surface area contributed by atoms with Gasteiger partial charge in [-0.25, -0.2) is 4.79 Å². The van der Waals surface area contributed by atoms with E-state index in [4.69, 9.17) is 23.7 Å². The van der Waals surface area contributed by atoms with Crippen molar-refractivity contribution in [2.45, 2.75) is 12.2 Å². The van der Waals surface area contributed by atoms with Gasteiger partial charge in [0.2, 0.25) is 0 Å². The van der Waals surface area contributed by atoms with Gasteiger partial charge in [0.25, 0.3) is 0 Å². The zero-order chi connectivity index (χ0) is 23.8. The molecule has 1 unspecified atom stereocenters. The Morgan fingerprint density at radius 3 is 1.91 bits per heavy atom. The number of rotatable bonds is 10. The summed E-state index contributed by atoms with van der Waals surface area (Å²) < 4.78 is 27.0. The van der Waals surface area contributed by atoms with E-state index in [2.05, 4.69) is 0 Å². The van der Waals surface area contributed by atoms with Crippen LogP contribution in [0.5, 0.6) is 17.2 Å². The summed E-state index contributed by atoms with van der Waals surface area (Å²) in [5.74, 6) is -0.579. The van der Waals surface area contributed by atoms with Crippen LogP contribution in [0.3, 0.4) is 0 Å². The van der Waals surface area contributed by atoms with E-state index in [0.29, 0.717) is 22.6 Å². The number of esters is 1. The zero-order valence-electron chi connectivity index (χ0n) is 18.9. The van der Waals surface area contributed by atoms with Gasteiger partial charge in [0.05, 0.1) is 31.3 Å². The number of ether oxygens (including phenoxy) is 5. The zero-order valence-corrected chi connectivity index (χ0v) is 18.9. The van der Waals surface area contributed by atoms with Gasteiger partial charge < -0.3 is 23.7 Å². The van der Waals surface area contributed by atoms with E-state index in [0.717, 1.165) is 0 Å². The Balaban J connectivity index is 2.03. The molecule has 7 heteroatoms. The largest absolute Gasteiger partial charge is 0.497 e. The highest BCUT2D eigenvalue weighted by Gasteiger charge is 2.33. The summed E-state index contributed by atoms with van der Waals surface area (Å²) in [6.07, 6.45) is -0.870. The van der Waals surface area contributed by atoms with E-state index in [-0.39, 0.29) is 17.1 Å². The predicted octanol–water partition coefficient (Wildman–Crippen LogP) is 4.51. The highest BCUT2D eigenvalue weighted by Crippen LogP contribution is 2.34. The fourth-order valence-corrected chi connectivity index (χ4v) is 3.43. The van der Waals surface area contributed by atoms with Crippen LogP contribution in [0.1, 0.15) is 32.2 Å². The molecule has 0 aromatic heterocycles. The van der Waals surface area contributed by atoms with Crippen LogP contribution in [0.15, 0.2) is 72.8 Å². The van der Waals surface area contributed by atoms with Crippen LogP contribution in [-0.4, -0.2) is 46.5 Å². The molecule has 0 aliphatic carbocycles. The van der Waals surface area contributed by atoms with Gasteiger partial charge in [0, 0.05) is 20.3 Å². The summed E-state index contributed by atoms with van der Waals surface area (Å²) >= 11 is 0. The monoisotopic (exact) mass is 450 g/mol.